The molecule has 2 aromatic carbocycles. The number of amides is 1. The van der Waals surface area contributed by atoms with Crippen molar-refractivity contribution in [3.8, 4) is 5.69 Å². The Hall–Kier alpha value is -3.23. The molecule has 0 aliphatic carbocycles. The van der Waals surface area contributed by atoms with E-state index in [1.807, 2.05) is 0 Å². The van der Waals surface area contributed by atoms with Crippen LogP contribution in [-0.2, 0) is 6.54 Å². The fourth-order valence-corrected chi connectivity index (χ4v) is 3.62. The lowest BCUT2D eigenvalue weighted by atomic mass is 10.2. The number of anilines is 1. The molecule has 0 aliphatic rings. The van der Waals surface area contributed by atoms with Gasteiger partial charge < -0.3 is 5.32 Å². The molecule has 0 radical (unpaired) electrons. The zero-order chi connectivity index (χ0) is 21.3. The highest BCUT2D eigenvalue weighted by Gasteiger charge is 2.22. The molecular weight excluding hydrogens is 430 g/mol. The minimum atomic E-state index is -0.438. The Bertz CT molecular complexity index is 1210. The van der Waals surface area contributed by atoms with E-state index >= 15 is 0 Å². The summed E-state index contributed by atoms with van der Waals surface area (Å²) >= 11 is 12.8. The van der Waals surface area contributed by atoms with Crippen LogP contribution in [-0.4, -0.2) is 30.5 Å². The maximum Gasteiger partial charge on any atom is 0.260 e. The molecule has 7 nitrogen and oxygen atoms in total. The number of nitrogens with one attached hydrogen (secondary N) is 1. The summed E-state index contributed by atoms with van der Waals surface area (Å²) in [6.07, 6.45) is 2.85. The number of para-hydroxylation sites is 1. The first-order chi connectivity index (χ1) is 14.4. The van der Waals surface area contributed by atoms with Gasteiger partial charge in [0, 0.05) is 0 Å². The largest absolute Gasteiger partial charge is 0.320 e. The van der Waals surface area contributed by atoms with E-state index in [1.165, 1.54) is 34.2 Å². The summed E-state index contributed by atoms with van der Waals surface area (Å²) in [5, 5.41) is 11.8. The third kappa shape index (κ3) is 3.92. The molecule has 1 amide bonds. The molecule has 1 N–H and O–H groups in total. The van der Waals surface area contributed by atoms with Gasteiger partial charge in [-0.2, -0.15) is 10.2 Å². The van der Waals surface area contributed by atoms with E-state index in [1.54, 1.807) is 37.3 Å². The van der Waals surface area contributed by atoms with Gasteiger partial charge in [-0.25, -0.2) is 18.7 Å². The van der Waals surface area contributed by atoms with E-state index in [4.69, 9.17) is 23.2 Å². The van der Waals surface area contributed by atoms with Crippen LogP contribution in [0.3, 0.4) is 0 Å². The number of rotatable bonds is 5. The number of aromatic nitrogens is 5. The highest BCUT2D eigenvalue weighted by atomic mass is 35.5. The molecule has 0 saturated carbocycles. The minimum Gasteiger partial charge on any atom is -0.320 e. The summed E-state index contributed by atoms with van der Waals surface area (Å²) in [6.45, 7) is 1.99. The lowest BCUT2D eigenvalue weighted by Gasteiger charge is -2.12. The molecule has 0 fully saturated rings. The highest BCUT2D eigenvalue weighted by molar-refractivity contribution is 6.34. The second-order valence-corrected chi connectivity index (χ2v) is 7.23. The van der Waals surface area contributed by atoms with Gasteiger partial charge in [-0.3, -0.25) is 4.79 Å². The molecule has 2 aromatic heterocycles. The third-order valence-corrected chi connectivity index (χ3v) is 5.11. The predicted octanol–water partition coefficient (Wildman–Crippen LogP) is 4.52. The Morgan fingerprint density at radius 3 is 2.63 bits per heavy atom. The zero-order valence-corrected chi connectivity index (χ0v) is 17.2. The molecular formula is C20H15Cl2FN6O. The number of halogens is 3. The maximum atomic E-state index is 13.1. The van der Waals surface area contributed by atoms with Crippen molar-refractivity contribution in [1.29, 1.82) is 0 Å². The van der Waals surface area contributed by atoms with Gasteiger partial charge in [-0.1, -0.05) is 41.4 Å². The second-order valence-electron chi connectivity index (χ2n) is 6.47. The smallest absolute Gasteiger partial charge is 0.260 e. The summed E-state index contributed by atoms with van der Waals surface area (Å²) in [5.74, 6) is -0.766. The molecule has 30 heavy (non-hydrogen) atoms. The molecule has 4 aromatic rings. The van der Waals surface area contributed by atoms with Crippen molar-refractivity contribution in [2.45, 2.75) is 13.5 Å². The van der Waals surface area contributed by atoms with Crippen molar-refractivity contribution in [1.82, 2.24) is 24.5 Å². The summed E-state index contributed by atoms with van der Waals surface area (Å²) in [4.78, 5) is 16.9. The topological polar surface area (TPSA) is 77.6 Å². The quantitative estimate of drug-likeness (QED) is 0.490. The van der Waals surface area contributed by atoms with Gasteiger partial charge in [0.25, 0.3) is 5.91 Å². The average Bonchev–Trinajstić information content (AvgIpc) is 3.32. The molecule has 0 atom stereocenters. The van der Waals surface area contributed by atoms with Gasteiger partial charge in [0.2, 0.25) is 0 Å². The molecule has 0 spiro atoms. The molecule has 4 rings (SSSR count). The van der Waals surface area contributed by atoms with Gasteiger partial charge in [0.05, 0.1) is 28.5 Å². The predicted molar refractivity (Wildman–Crippen MR) is 112 cm³/mol. The summed E-state index contributed by atoms with van der Waals surface area (Å²) in [5.41, 5.74) is 2.43. The molecule has 152 valence electrons. The maximum absolute atomic E-state index is 13.1. The van der Waals surface area contributed by atoms with Crippen LogP contribution in [0.2, 0.25) is 10.2 Å². The van der Waals surface area contributed by atoms with Crippen molar-refractivity contribution in [3.63, 3.8) is 0 Å². The molecule has 0 unspecified atom stereocenters. The standard InChI is InChI=1S/C20H15Cl2FN6O/c1-12-17(19(22)28(27-12)9-13-5-7-14(23)8-6-13)20(30)26-16-4-2-3-15(21)18(16)29-11-24-10-25-29/h2-8,10-11H,9H2,1H3,(H,26,30). The summed E-state index contributed by atoms with van der Waals surface area (Å²) < 4.78 is 16.1. The lowest BCUT2D eigenvalue weighted by molar-refractivity contribution is 0.102. The van der Waals surface area contributed by atoms with Crippen LogP contribution in [0, 0.1) is 12.7 Å². The second kappa shape index (κ2) is 8.25. The zero-order valence-electron chi connectivity index (χ0n) is 15.7. The fourth-order valence-electron chi connectivity index (χ4n) is 3.04. The average molecular weight is 445 g/mol. The Kier molecular flexibility index (Phi) is 5.52. The van der Waals surface area contributed by atoms with Crippen LogP contribution in [0.1, 0.15) is 21.6 Å². The third-order valence-electron chi connectivity index (χ3n) is 4.42. The van der Waals surface area contributed by atoms with Gasteiger partial charge in [0.1, 0.15) is 29.3 Å². The van der Waals surface area contributed by atoms with E-state index in [0.717, 1.165) is 5.56 Å². The fraction of sp³-hybridized carbons (Fsp3) is 0.100. The van der Waals surface area contributed by atoms with Gasteiger partial charge >= 0.3 is 0 Å². The minimum absolute atomic E-state index is 0.179. The van der Waals surface area contributed by atoms with Gasteiger partial charge in [-0.15, -0.1) is 0 Å². The molecule has 0 saturated heterocycles. The summed E-state index contributed by atoms with van der Waals surface area (Å²) in [6, 6.07) is 11.1. The van der Waals surface area contributed by atoms with Crippen LogP contribution < -0.4 is 5.32 Å². The Morgan fingerprint density at radius 1 is 1.17 bits per heavy atom. The normalized spacial score (nSPS) is 10.9. The Labute approximate surface area is 181 Å². The first-order valence-corrected chi connectivity index (χ1v) is 9.62. The number of hydrogen-bond acceptors (Lipinski definition) is 4. The van der Waals surface area contributed by atoms with E-state index < -0.39 is 5.91 Å². The van der Waals surface area contributed by atoms with E-state index in [0.29, 0.717) is 28.6 Å². The van der Waals surface area contributed by atoms with Crippen LogP contribution >= 0.6 is 23.2 Å². The van der Waals surface area contributed by atoms with E-state index in [9.17, 15) is 9.18 Å². The van der Waals surface area contributed by atoms with E-state index in [2.05, 4.69) is 20.5 Å². The first-order valence-electron chi connectivity index (χ1n) is 8.86. The highest BCUT2D eigenvalue weighted by Crippen LogP contribution is 2.29. The van der Waals surface area contributed by atoms with Crippen LogP contribution in [0.4, 0.5) is 10.1 Å². The van der Waals surface area contributed by atoms with Crippen LogP contribution in [0.5, 0.6) is 0 Å². The lowest BCUT2D eigenvalue weighted by Crippen LogP contribution is -2.15. The van der Waals surface area contributed by atoms with Gasteiger partial charge in [0.15, 0.2) is 0 Å². The Balaban J connectivity index is 1.63. The van der Waals surface area contributed by atoms with Crippen LogP contribution in [0.25, 0.3) is 5.69 Å². The number of carbonyl (C=O) groups is 1. The van der Waals surface area contributed by atoms with Crippen LogP contribution in [0.15, 0.2) is 55.1 Å². The monoisotopic (exact) mass is 444 g/mol. The van der Waals surface area contributed by atoms with E-state index in [-0.39, 0.29) is 16.5 Å². The van der Waals surface area contributed by atoms with Crippen molar-refractivity contribution in [3.05, 3.63) is 87.9 Å². The van der Waals surface area contributed by atoms with Crippen molar-refractivity contribution in [2.75, 3.05) is 5.32 Å². The van der Waals surface area contributed by atoms with Crippen molar-refractivity contribution < 1.29 is 9.18 Å². The molecule has 10 heteroatoms. The van der Waals surface area contributed by atoms with Crippen molar-refractivity contribution in [2.24, 2.45) is 0 Å². The Morgan fingerprint density at radius 2 is 1.93 bits per heavy atom. The number of carbonyl (C=O) groups excluding carboxylic acids is 1. The molecule has 2 heterocycles. The SMILES string of the molecule is Cc1nn(Cc2ccc(F)cc2)c(Cl)c1C(=O)Nc1cccc(Cl)c1-n1cncn1. The first kappa shape index (κ1) is 20.1. The van der Waals surface area contributed by atoms with Crippen molar-refractivity contribution >= 4 is 34.8 Å². The number of aryl methyl sites for hydroxylation is 1. The van der Waals surface area contributed by atoms with Gasteiger partial charge in [-0.05, 0) is 36.8 Å². The molecule has 0 aliphatic heterocycles. The number of nitrogens with zero attached hydrogens (tertiary/aromatic N) is 5. The summed E-state index contributed by atoms with van der Waals surface area (Å²) in [7, 11) is 0. The number of benzene rings is 2. The molecule has 0 bridgehead atoms. The number of hydrogen-bond donors (Lipinski definition) is 1.